The summed E-state index contributed by atoms with van der Waals surface area (Å²) in [5, 5.41) is 0.744. The first-order valence-electron chi connectivity index (χ1n) is 11.2. The normalized spacial score (nSPS) is 15.9. The van der Waals surface area contributed by atoms with Crippen molar-refractivity contribution in [1.82, 2.24) is 0 Å². The van der Waals surface area contributed by atoms with Crippen LogP contribution in [0.1, 0.15) is 48.9 Å². The van der Waals surface area contributed by atoms with Gasteiger partial charge in [-0.25, -0.2) is 0 Å². The summed E-state index contributed by atoms with van der Waals surface area (Å²) in [7, 11) is 0. The Labute approximate surface area is 202 Å². The number of anilines is 1. The summed E-state index contributed by atoms with van der Waals surface area (Å²) >= 11 is 6.56. The number of amides is 1. The van der Waals surface area contributed by atoms with Gasteiger partial charge in [-0.05, 0) is 48.2 Å². The van der Waals surface area contributed by atoms with Gasteiger partial charge in [0.25, 0.3) is 0 Å². The van der Waals surface area contributed by atoms with E-state index in [0.29, 0.717) is 6.54 Å². The number of nitrogens with zero attached hydrogens (tertiary/aromatic N) is 1. The molecule has 0 aromatic heterocycles. The third-order valence-electron chi connectivity index (χ3n) is 5.55. The maximum Gasteiger partial charge on any atom is 0.224 e. The number of rotatable bonds is 3. The van der Waals surface area contributed by atoms with Gasteiger partial charge in [0, 0.05) is 29.6 Å². The van der Waals surface area contributed by atoms with Crippen LogP contribution in [-0.2, 0) is 11.3 Å². The van der Waals surface area contributed by atoms with Crippen molar-refractivity contribution < 1.29 is 4.79 Å². The molecule has 0 aliphatic carbocycles. The minimum absolute atomic E-state index is 0.00505. The topological polar surface area (TPSA) is 46.3 Å². The summed E-state index contributed by atoms with van der Waals surface area (Å²) in [5.41, 5.74) is 10.9. The van der Waals surface area contributed by atoms with Crippen LogP contribution in [0.4, 0.5) is 5.69 Å². The van der Waals surface area contributed by atoms with E-state index >= 15 is 0 Å². The first-order valence-corrected chi connectivity index (χ1v) is 11.6. The summed E-state index contributed by atoms with van der Waals surface area (Å²) in [6.45, 7) is 6.12. The Kier molecular flexibility index (Phi) is 8.65. The van der Waals surface area contributed by atoms with Gasteiger partial charge in [0.05, 0.1) is 6.54 Å². The van der Waals surface area contributed by atoms with Crippen molar-refractivity contribution in [2.24, 2.45) is 5.73 Å². The number of benzene rings is 3. The zero-order valence-corrected chi connectivity index (χ0v) is 20.2. The molecule has 2 atom stereocenters. The summed E-state index contributed by atoms with van der Waals surface area (Å²) in [5.74, 6) is 0.0486. The fourth-order valence-electron chi connectivity index (χ4n) is 4.04. The Balaban J connectivity index is 0.000000331. The average Bonchev–Trinajstić information content (AvgIpc) is 2.95. The molecule has 1 aliphatic heterocycles. The molecule has 4 heteroatoms. The molecule has 1 amide bonds. The molecule has 0 saturated heterocycles. The van der Waals surface area contributed by atoms with Gasteiger partial charge in [-0.1, -0.05) is 96.6 Å². The highest BCUT2D eigenvalue weighted by molar-refractivity contribution is 6.31. The average molecular weight is 459 g/mol. The molecule has 1 unspecified atom stereocenters. The van der Waals surface area contributed by atoms with E-state index in [1.807, 2.05) is 85.5 Å². The molecule has 3 aromatic rings. The second-order valence-corrected chi connectivity index (χ2v) is 8.49. The fraction of sp³-hybridized carbons (Fsp3) is 0.207. The zero-order chi connectivity index (χ0) is 23.8. The number of nitrogens with two attached hydrogens (primary N) is 1. The highest BCUT2D eigenvalue weighted by atomic mass is 35.5. The smallest absolute Gasteiger partial charge is 0.224 e. The molecule has 0 bridgehead atoms. The second kappa shape index (κ2) is 11.6. The SMILES string of the molecule is C/C=C\C=C/[C@@H](C)N.CC(=O)N1Cc2ccccc2C(c2ccccc2Cl)c2ccccc21. The number of halogens is 1. The molecule has 33 heavy (non-hydrogen) atoms. The van der Waals surface area contributed by atoms with E-state index in [1.165, 1.54) is 5.56 Å². The van der Waals surface area contributed by atoms with Crippen molar-refractivity contribution in [2.45, 2.75) is 39.3 Å². The third kappa shape index (κ3) is 6.01. The number of fused-ring (bicyclic) bond motifs is 2. The predicted molar refractivity (Wildman–Crippen MR) is 140 cm³/mol. The summed E-state index contributed by atoms with van der Waals surface area (Å²) in [4.78, 5) is 14.2. The molecule has 0 saturated carbocycles. The molecule has 3 aromatic carbocycles. The quantitative estimate of drug-likeness (QED) is 0.436. The molecule has 170 valence electrons. The molecule has 0 spiro atoms. The Morgan fingerprint density at radius 1 is 0.970 bits per heavy atom. The molecule has 0 fully saturated rings. The monoisotopic (exact) mass is 458 g/mol. The predicted octanol–water partition coefficient (Wildman–Crippen LogP) is 6.85. The first kappa shape index (κ1) is 24.5. The van der Waals surface area contributed by atoms with Crippen molar-refractivity contribution >= 4 is 23.2 Å². The van der Waals surface area contributed by atoms with Gasteiger partial charge >= 0.3 is 0 Å². The Morgan fingerprint density at radius 3 is 2.21 bits per heavy atom. The highest BCUT2D eigenvalue weighted by Gasteiger charge is 2.30. The molecule has 3 nitrogen and oxygen atoms in total. The van der Waals surface area contributed by atoms with E-state index < -0.39 is 0 Å². The minimum Gasteiger partial charge on any atom is -0.325 e. The highest BCUT2D eigenvalue weighted by Crippen LogP contribution is 2.44. The summed E-state index contributed by atoms with van der Waals surface area (Å²) in [6.07, 6.45) is 7.83. The maximum atomic E-state index is 12.3. The van der Waals surface area contributed by atoms with E-state index in [2.05, 4.69) is 30.3 Å². The van der Waals surface area contributed by atoms with Gasteiger partial charge in [-0.2, -0.15) is 0 Å². The largest absolute Gasteiger partial charge is 0.325 e. The van der Waals surface area contributed by atoms with Crippen LogP contribution >= 0.6 is 11.6 Å². The Morgan fingerprint density at radius 2 is 1.58 bits per heavy atom. The number of para-hydroxylation sites is 1. The molecule has 2 N–H and O–H groups in total. The number of hydrogen-bond acceptors (Lipinski definition) is 2. The molecular formula is C29H31ClN2O. The van der Waals surface area contributed by atoms with Gasteiger partial charge in [0.15, 0.2) is 0 Å². The van der Waals surface area contributed by atoms with Crippen molar-refractivity contribution in [2.75, 3.05) is 4.90 Å². The van der Waals surface area contributed by atoms with E-state index in [0.717, 1.165) is 27.4 Å². The van der Waals surface area contributed by atoms with Crippen molar-refractivity contribution in [3.63, 3.8) is 0 Å². The number of carbonyl (C=O) groups is 1. The van der Waals surface area contributed by atoms with E-state index in [1.54, 1.807) is 6.92 Å². The van der Waals surface area contributed by atoms with Crippen LogP contribution in [0.3, 0.4) is 0 Å². The van der Waals surface area contributed by atoms with Crippen LogP contribution in [0.2, 0.25) is 5.02 Å². The van der Waals surface area contributed by atoms with Crippen LogP contribution < -0.4 is 10.6 Å². The zero-order valence-electron chi connectivity index (χ0n) is 19.4. The Hall–Kier alpha value is -3.14. The van der Waals surface area contributed by atoms with E-state index in [-0.39, 0.29) is 17.9 Å². The van der Waals surface area contributed by atoms with Crippen molar-refractivity contribution in [3.8, 4) is 0 Å². The molecule has 0 radical (unpaired) electrons. The van der Waals surface area contributed by atoms with Crippen molar-refractivity contribution in [1.29, 1.82) is 0 Å². The van der Waals surface area contributed by atoms with E-state index in [9.17, 15) is 4.79 Å². The van der Waals surface area contributed by atoms with Crippen LogP contribution in [0.15, 0.2) is 97.1 Å². The molecule has 1 aliphatic rings. The van der Waals surface area contributed by atoms with Crippen LogP contribution in [0, 0.1) is 0 Å². The summed E-state index contributed by atoms with van der Waals surface area (Å²) < 4.78 is 0. The van der Waals surface area contributed by atoms with Crippen molar-refractivity contribution in [3.05, 3.63) is 124 Å². The van der Waals surface area contributed by atoms with Gasteiger partial charge in [-0.3, -0.25) is 4.79 Å². The minimum atomic E-state index is 0.00505. The molecular weight excluding hydrogens is 428 g/mol. The second-order valence-electron chi connectivity index (χ2n) is 8.09. The third-order valence-corrected chi connectivity index (χ3v) is 5.89. The fourth-order valence-corrected chi connectivity index (χ4v) is 4.28. The Bertz CT molecular complexity index is 1150. The maximum absolute atomic E-state index is 12.3. The number of hydrogen-bond donors (Lipinski definition) is 1. The number of allylic oxidation sites excluding steroid dienone is 3. The van der Waals surface area contributed by atoms with Gasteiger partial charge in [0.1, 0.15) is 0 Å². The van der Waals surface area contributed by atoms with Gasteiger partial charge in [0.2, 0.25) is 5.91 Å². The lowest BCUT2D eigenvalue weighted by molar-refractivity contribution is -0.116. The van der Waals surface area contributed by atoms with Gasteiger partial charge in [-0.15, -0.1) is 0 Å². The molecule has 4 rings (SSSR count). The van der Waals surface area contributed by atoms with Gasteiger partial charge < -0.3 is 10.6 Å². The van der Waals surface area contributed by atoms with Crippen LogP contribution in [0.25, 0.3) is 0 Å². The van der Waals surface area contributed by atoms with E-state index in [4.69, 9.17) is 17.3 Å². The molecule has 1 heterocycles. The first-order chi connectivity index (χ1) is 15.9. The lowest BCUT2D eigenvalue weighted by atomic mass is 9.83. The van der Waals surface area contributed by atoms with Crippen LogP contribution in [0.5, 0.6) is 0 Å². The summed E-state index contributed by atoms with van der Waals surface area (Å²) in [6, 6.07) is 24.6. The lowest BCUT2D eigenvalue weighted by Crippen LogP contribution is -2.27. The number of carbonyl (C=O) groups excluding carboxylic acids is 1. The van der Waals surface area contributed by atoms with Crippen LogP contribution in [-0.4, -0.2) is 11.9 Å². The lowest BCUT2D eigenvalue weighted by Gasteiger charge is -2.23. The standard InChI is InChI=1S/C22H18ClNO.C7H13N/c1-15(25)24-14-16-8-2-3-9-17(16)22(18-10-4-6-12-20(18)23)19-11-5-7-13-21(19)24;1-3-4-5-6-7(2)8/h2-13,22H,14H2,1H3;3-7H,8H2,1-2H3/b;4-3-,6-5-/t;7-/m.1/s1.